The highest BCUT2D eigenvalue weighted by atomic mass is 35.5. The third kappa shape index (κ3) is 2.82. The van der Waals surface area contributed by atoms with Crippen LogP contribution in [0.5, 0.6) is 0 Å². The van der Waals surface area contributed by atoms with E-state index < -0.39 is 5.54 Å². The Labute approximate surface area is 146 Å². The molecule has 1 amide bonds. The van der Waals surface area contributed by atoms with Crippen molar-refractivity contribution in [3.8, 4) is 0 Å². The van der Waals surface area contributed by atoms with Crippen LogP contribution < -0.4 is 5.73 Å². The summed E-state index contributed by atoms with van der Waals surface area (Å²) in [4.78, 5) is 18.9. The van der Waals surface area contributed by atoms with E-state index in [4.69, 9.17) is 14.7 Å². The minimum absolute atomic E-state index is 0. The smallest absolute Gasteiger partial charge is 0.290 e. The second kappa shape index (κ2) is 6.57. The van der Waals surface area contributed by atoms with Gasteiger partial charge in [0, 0.05) is 6.54 Å². The third-order valence-electron chi connectivity index (χ3n) is 4.91. The van der Waals surface area contributed by atoms with Gasteiger partial charge in [0.1, 0.15) is 6.04 Å². The Morgan fingerprint density at radius 2 is 2.17 bits per heavy atom. The van der Waals surface area contributed by atoms with Crippen LogP contribution >= 0.6 is 12.4 Å². The number of nitrogens with zero attached hydrogens (tertiary/aromatic N) is 3. The van der Waals surface area contributed by atoms with E-state index in [1.165, 1.54) is 6.26 Å². The molecule has 8 heteroatoms. The zero-order valence-electron chi connectivity index (χ0n) is 13.3. The first-order valence-electron chi connectivity index (χ1n) is 8.15. The molecule has 1 aliphatic heterocycles. The molecule has 24 heavy (non-hydrogen) atoms. The van der Waals surface area contributed by atoms with Crippen LogP contribution in [-0.2, 0) is 5.54 Å². The summed E-state index contributed by atoms with van der Waals surface area (Å²) in [5.41, 5.74) is 5.81. The standard InChI is InChI=1S/C16H20N4O3.ClH/c17-16(7-4-8-16)15-18-13(23-19-15)11-5-1-2-9-20(11)14(21)12-6-3-10-22-12;/h3,6,10-11H,1-2,4-5,7-9,17H2;1H. The van der Waals surface area contributed by atoms with Crippen LogP contribution in [0, 0.1) is 0 Å². The van der Waals surface area contributed by atoms with Gasteiger partial charge in [0.15, 0.2) is 11.6 Å². The molecular formula is C16H21ClN4O3. The molecule has 2 aromatic heterocycles. The van der Waals surface area contributed by atoms with Crippen molar-refractivity contribution in [2.24, 2.45) is 5.73 Å². The minimum atomic E-state index is -0.452. The summed E-state index contributed by atoms with van der Waals surface area (Å²) in [6.07, 6.45) is 7.16. The van der Waals surface area contributed by atoms with Crippen molar-refractivity contribution in [2.45, 2.75) is 50.1 Å². The molecule has 7 nitrogen and oxygen atoms in total. The van der Waals surface area contributed by atoms with Gasteiger partial charge in [-0.25, -0.2) is 0 Å². The number of furan rings is 1. The van der Waals surface area contributed by atoms with Gasteiger partial charge in [-0.05, 0) is 50.7 Å². The summed E-state index contributed by atoms with van der Waals surface area (Å²) in [5.74, 6) is 1.25. The molecule has 4 rings (SSSR count). The number of hydrogen-bond donors (Lipinski definition) is 1. The van der Waals surface area contributed by atoms with E-state index in [2.05, 4.69) is 10.1 Å². The summed E-state index contributed by atoms with van der Waals surface area (Å²) < 4.78 is 10.7. The maximum atomic E-state index is 12.6. The van der Waals surface area contributed by atoms with Crippen molar-refractivity contribution in [3.63, 3.8) is 0 Å². The zero-order chi connectivity index (χ0) is 15.9. The number of rotatable bonds is 3. The Morgan fingerprint density at radius 1 is 1.33 bits per heavy atom. The van der Waals surface area contributed by atoms with E-state index >= 15 is 0 Å². The highest BCUT2D eigenvalue weighted by Gasteiger charge is 2.41. The number of halogens is 1. The van der Waals surface area contributed by atoms with Gasteiger partial charge in [0.05, 0.1) is 11.8 Å². The second-order valence-corrected chi connectivity index (χ2v) is 6.45. The number of likely N-dealkylation sites (tertiary alicyclic amines) is 1. The fourth-order valence-corrected chi connectivity index (χ4v) is 3.33. The fourth-order valence-electron chi connectivity index (χ4n) is 3.33. The van der Waals surface area contributed by atoms with Gasteiger partial charge < -0.3 is 19.6 Å². The summed E-state index contributed by atoms with van der Waals surface area (Å²) in [6, 6.07) is 3.19. The molecule has 1 saturated heterocycles. The van der Waals surface area contributed by atoms with Crippen molar-refractivity contribution >= 4 is 18.3 Å². The number of carbonyl (C=O) groups excluding carboxylic acids is 1. The highest BCUT2D eigenvalue weighted by Crippen LogP contribution is 2.38. The molecule has 0 aromatic carbocycles. The van der Waals surface area contributed by atoms with E-state index in [0.29, 0.717) is 24.0 Å². The number of amides is 1. The lowest BCUT2D eigenvalue weighted by molar-refractivity contribution is 0.0529. The molecule has 3 heterocycles. The van der Waals surface area contributed by atoms with Crippen LogP contribution in [0.25, 0.3) is 0 Å². The van der Waals surface area contributed by atoms with Crippen LogP contribution in [0.1, 0.15) is 66.8 Å². The summed E-state index contributed by atoms with van der Waals surface area (Å²) in [7, 11) is 0. The molecule has 0 radical (unpaired) electrons. The molecule has 130 valence electrons. The molecule has 1 saturated carbocycles. The van der Waals surface area contributed by atoms with Crippen molar-refractivity contribution in [1.82, 2.24) is 15.0 Å². The Hall–Kier alpha value is -1.86. The van der Waals surface area contributed by atoms with Gasteiger partial charge in [0.2, 0.25) is 5.89 Å². The average Bonchev–Trinajstić information content (AvgIpc) is 3.23. The van der Waals surface area contributed by atoms with Crippen LogP contribution in [0.3, 0.4) is 0 Å². The largest absolute Gasteiger partial charge is 0.459 e. The molecule has 2 fully saturated rings. The lowest BCUT2D eigenvalue weighted by Gasteiger charge is -2.35. The molecule has 2 aromatic rings. The van der Waals surface area contributed by atoms with Gasteiger partial charge in [-0.1, -0.05) is 5.16 Å². The molecule has 0 bridgehead atoms. The molecular weight excluding hydrogens is 332 g/mol. The van der Waals surface area contributed by atoms with Crippen LogP contribution in [0.15, 0.2) is 27.3 Å². The van der Waals surface area contributed by atoms with Gasteiger partial charge in [-0.2, -0.15) is 4.98 Å². The summed E-state index contributed by atoms with van der Waals surface area (Å²) in [6.45, 7) is 0.662. The van der Waals surface area contributed by atoms with Crippen LogP contribution in [0.2, 0.25) is 0 Å². The maximum absolute atomic E-state index is 12.6. The van der Waals surface area contributed by atoms with Crippen molar-refractivity contribution in [1.29, 1.82) is 0 Å². The molecule has 2 N–H and O–H groups in total. The predicted molar refractivity (Wildman–Crippen MR) is 87.6 cm³/mol. The van der Waals surface area contributed by atoms with E-state index in [1.807, 2.05) is 0 Å². The van der Waals surface area contributed by atoms with Crippen molar-refractivity contribution in [3.05, 3.63) is 35.9 Å². The number of carbonyl (C=O) groups is 1. The third-order valence-corrected chi connectivity index (χ3v) is 4.91. The van der Waals surface area contributed by atoms with Crippen LogP contribution in [-0.4, -0.2) is 27.5 Å². The summed E-state index contributed by atoms with van der Waals surface area (Å²) >= 11 is 0. The number of nitrogens with two attached hydrogens (primary N) is 1. The topological polar surface area (TPSA) is 98.4 Å². The molecule has 1 aliphatic carbocycles. The van der Waals surface area contributed by atoms with Gasteiger partial charge in [0.25, 0.3) is 5.91 Å². The Kier molecular flexibility index (Phi) is 4.64. The molecule has 1 unspecified atom stereocenters. The molecule has 0 spiro atoms. The second-order valence-electron chi connectivity index (χ2n) is 6.45. The van der Waals surface area contributed by atoms with Gasteiger partial charge >= 0.3 is 0 Å². The van der Waals surface area contributed by atoms with Gasteiger partial charge in [-0.3, -0.25) is 4.79 Å². The first kappa shape index (κ1) is 17.0. The Bertz CT molecular complexity index is 696. The SMILES string of the molecule is Cl.NC1(c2noc(C3CCCCN3C(=O)c3ccco3)n2)CCC1. The monoisotopic (exact) mass is 352 g/mol. The van der Waals surface area contributed by atoms with Crippen molar-refractivity contribution < 1.29 is 13.7 Å². The quantitative estimate of drug-likeness (QED) is 0.911. The Morgan fingerprint density at radius 3 is 2.83 bits per heavy atom. The van der Waals surface area contributed by atoms with Crippen molar-refractivity contribution in [2.75, 3.05) is 6.54 Å². The Balaban J connectivity index is 0.00000169. The van der Waals surface area contributed by atoms with E-state index in [1.54, 1.807) is 17.0 Å². The number of hydrogen-bond acceptors (Lipinski definition) is 6. The molecule has 2 aliphatic rings. The fraction of sp³-hybridized carbons (Fsp3) is 0.562. The minimum Gasteiger partial charge on any atom is -0.459 e. The first-order chi connectivity index (χ1) is 11.2. The van der Waals surface area contributed by atoms with E-state index in [-0.39, 0.29) is 24.4 Å². The number of aromatic nitrogens is 2. The summed E-state index contributed by atoms with van der Waals surface area (Å²) in [5, 5.41) is 4.07. The first-order valence-corrected chi connectivity index (χ1v) is 8.15. The lowest BCUT2D eigenvalue weighted by atomic mass is 9.77. The predicted octanol–water partition coefficient (Wildman–Crippen LogP) is 2.79. The molecule has 1 atom stereocenters. The number of piperidine rings is 1. The normalized spacial score (nSPS) is 22.5. The zero-order valence-corrected chi connectivity index (χ0v) is 14.1. The highest BCUT2D eigenvalue weighted by molar-refractivity contribution is 5.91. The van der Waals surface area contributed by atoms with Gasteiger partial charge in [-0.15, -0.1) is 12.4 Å². The maximum Gasteiger partial charge on any atom is 0.290 e. The van der Waals surface area contributed by atoms with E-state index in [9.17, 15) is 4.79 Å². The van der Waals surface area contributed by atoms with Crippen LogP contribution in [0.4, 0.5) is 0 Å². The van der Waals surface area contributed by atoms with E-state index in [0.717, 1.165) is 38.5 Å². The lowest BCUT2D eigenvalue weighted by Crippen LogP contribution is -2.44. The average molecular weight is 353 g/mol.